The first-order chi connectivity index (χ1) is 5.66. The summed E-state index contributed by atoms with van der Waals surface area (Å²) in [6, 6.07) is -0.509. The van der Waals surface area contributed by atoms with Gasteiger partial charge in [-0.3, -0.25) is 4.79 Å². The van der Waals surface area contributed by atoms with Crippen molar-refractivity contribution in [3.63, 3.8) is 0 Å². The summed E-state index contributed by atoms with van der Waals surface area (Å²) in [6.45, 7) is 0. The van der Waals surface area contributed by atoms with Gasteiger partial charge in [-0.05, 0) is 11.6 Å². The molecule has 1 saturated heterocycles. The number of halogens is 1. The van der Waals surface area contributed by atoms with Crippen LogP contribution >= 0.6 is 23.4 Å². The molecule has 1 amide bonds. The van der Waals surface area contributed by atoms with E-state index in [1.807, 2.05) is 0 Å². The van der Waals surface area contributed by atoms with E-state index >= 15 is 0 Å². The van der Waals surface area contributed by atoms with Gasteiger partial charge in [0.15, 0.2) is 0 Å². The topological polar surface area (TPSA) is 46.6 Å². The number of amides is 1. The van der Waals surface area contributed by atoms with Gasteiger partial charge in [0, 0.05) is 5.75 Å². The Hall–Kier alpha value is -0.420. The largest absolute Gasteiger partial charge is 0.467 e. The molecule has 1 aliphatic rings. The maximum Gasteiger partial charge on any atom is 0.329 e. The maximum atomic E-state index is 11.0. The van der Waals surface area contributed by atoms with E-state index in [9.17, 15) is 9.59 Å². The molecule has 12 heavy (non-hydrogen) atoms. The Balaban J connectivity index is 2.63. The molecule has 1 fully saturated rings. The summed E-state index contributed by atoms with van der Waals surface area (Å²) in [5.41, 5.74) is 0. The molecule has 0 bridgehead atoms. The second-order valence-corrected chi connectivity index (χ2v) is 3.58. The van der Waals surface area contributed by atoms with Gasteiger partial charge in [0.2, 0.25) is 0 Å². The number of rotatable bonds is 1. The van der Waals surface area contributed by atoms with E-state index in [2.05, 4.69) is 4.74 Å². The number of thioether (sulfide) groups is 1. The lowest BCUT2D eigenvalue weighted by Gasteiger charge is -2.17. The van der Waals surface area contributed by atoms with Crippen LogP contribution in [0.2, 0.25) is 0 Å². The van der Waals surface area contributed by atoms with E-state index in [1.165, 1.54) is 23.8 Å². The number of carbonyl (C=O) groups is 2. The zero-order chi connectivity index (χ0) is 9.14. The van der Waals surface area contributed by atoms with Gasteiger partial charge in [-0.25, -0.2) is 4.79 Å². The zero-order valence-electron chi connectivity index (χ0n) is 6.45. The molecule has 0 aromatic carbocycles. The molecule has 0 saturated carbocycles. The van der Waals surface area contributed by atoms with Crippen LogP contribution in [0.15, 0.2) is 0 Å². The number of ether oxygens (including phenoxy) is 1. The van der Waals surface area contributed by atoms with Crippen molar-refractivity contribution >= 4 is 34.7 Å². The van der Waals surface area contributed by atoms with Gasteiger partial charge in [-0.2, -0.15) is 0 Å². The molecule has 0 N–H and O–H groups in total. The van der Waals surface area contributed by atoms with Gasteiger partial charge >= 0.3 is 11.3 Å². The average molecular weight is 210 g/mol. The van der Waals surface area contributed by atoms with Crippen LogP contribution in [-0.2, 0) is 9.53 Å². The molecular weight excluding hydrogens is 202 g/mol. The Labute approximate surface area is 79.2 Å². The van der Waals surface area contributed by atoms with E-state index in [1.54, 1.807) is 0 Å². The SMILES string of the molecule is COC(=O)[C@H]1CSCN1C(=O)Cl. The van der Waals surface area contributed by atoms with E-state index < -0.39 is 17.4 Å². The standard InChI is InChI=1S/C6H8ClNO3S/c1-11-5(9)4-2-12-3-8(4)6(7)10/h4H,2-3H2,1H3/t4-/m1/s1. The van der Waals surface area contributed by atoms with Crippen molar-refractivity contribution < 1.29 is 14.3 Å². The summed E-state index contributed by atoms with van der Waals surface area (Å²) >= 11 is 6.73. The van der Waals surface area contributed by atoms with Crippen LogP contribution in [-0.4, -0.2) is 41.0 Å². The number of methoxy groups -OCH3 is 1. The molecule has 0 unspecified atom stereocenters. The molecule has 1 heterocycles. The fourth-order valence-corrected chi connectivity index (χ4v) is 2.33. The van der Waals surface area contributed by atoms with Crippen molar-refractivity contribution in [3.8, 4) is 0 Å². The first kappa shape index (κ1) is 9.67. The van der Waals surface area contributed by atoms with E-state index in [0.29, 0.717) is 11.6 Å². The second kappa shape index (κ2) is 4.00. The van der Waals surface area contributed by atoms with Crippen LogP contribution in [0.4, 0.5) is 4.79 Å². The molecular formula is C6H8ClNO3S. The predicted molar refractivity (Wildman–Crippen MR) is 46.2 cm³/mol. The molecule has 0 aromatic rings. The highest BCUT2D eigenvalue weighted by Crippen LogP contribution is 2.22. The molecule has 1 aliphatic heterocycles. The summed E-state index contributed by atoms with van der Waals surface area (Å²) < 4.78 is 4.51. The summed E-state index contributed by atoms with van der Waals surface area (Å²) in [5.74, 6) is 0.613. The highest BCUT2D eigenvalue weighted by atomic mass is 35.5. The Morgan fingerprint density at radius 1 is 1.67 bits per heavy atom. The van der Waals surface area contributed by atoms with Crippen molar-refractivity contribution in [1.82, 2.24) is 4.90 Å². The first-order valence-corrected chi connectivity index (χ1v) is 4.81. The number of hydrogen-bond donors (Lipinski definition) is 0. The first-order valence-electron chi connectivity index (χ1n) is 3.28. The van der Waals surface area contributed by atoms with Crippen LogP contribution < -0.4 is 0 Å². The van der Waals surface area contributed by atoms with Gasteiger partial charge < -0.3 is 9.64 Å². The van der Waals surface area contributed by atoms with Crippen LogP contribution in [0.3, 0.4) is 0 Å². The summed E-state index contributed by atoms with van der Waals surface area (Å²) in [7, 11) is 1.29. The zero-order valence-corrected chi connectivity index (χ0v) is 8.02. The van der Waals surface area contributed by atoms with Crippen LogP contribution in [0.5, 0.6) is 0 Å². The molecule has 0 spiro atoms. The molecule has 6 heteroatoms. The van der Waals surface area contributed by atoms with E-state index in [-0.39, 0.29) is 0 Å². The summed E-state index contributed by atoms with van der Waals surface area (Å²) in [4.78, 5) is 23.1. The van der Waals surface area contributed by atoms with E-state index in [4.69, 9.17) is 11.6 Å². The molecule has 1 rings (SSSR count). The number of hydrogen-bond acceptors (Lipinski definition) is 4. The molecule has 4 nitrogen and oxygen atoms in total. The van der Waals surface area contributed by atoms with Crippen molar-refractivity contribution in [2.45, 2.75) is 6.04 Å². The Bertz CT molecular complexity index is 211. The minimum Gasteiger partial charge on any atom is -0.467 e. The van der Waals surface area contributed by atoms with Crippen LogP contribution in [0.1, 0.15) is 0 Å². The van der Waals surface area contributed by atoms with Crippen LogP contribution in [0.25, 0.3) is 0 Å². The third-order valence-electron chi connectivity index (χ3n) is 1.58. The predicted octanol–water partition coefficient (Wildman–Crippen LogP) is 0.893. The summed E-state index contributed by atoms with van der Waals surface area (Å²) in [6.07, 6.45) is 0. The Morgan fingerprint density at radius 2 is 2.33 bits per heavy atom. The van der Waals surface area contributed by atoms with Crippen molar-refractivity contribution in [1.29, 1.82) is 0 Å². The molecule has 68 valence electrons. The second-order valence-electron chi connectivity index (χ2n) is 2.26. The minimum atomic E-state index is -0.601. The number of nitrogens with zero attached hydrogens (tertiary/aromatic N) is 1. The van der Waals surface area contributed by atoms with Gasteiger partial charge in [0.1, 0.15) is 6.04 Å². The lowest BCUT2D eigenvalue weighted by molar-refractivity contribution is -0.144. The smallest absolute Gasteiger partial charge is 0.329 e. The van der Waals surface area contributed by atoms with Gasteiger partial charge in [0.25, 0.3) is 0 Å². The van der Waals surface area contributed by atoms with Crippen molar-refractivity contribution in [2.75, 3.05) is 18.7 Å². The van der Waals surface area contributed by atoms with Gasteiger partial charge in [-0.15, -0.1) is 11.8 Å². The maximum absolute atomic E-state index is 11.0. The normalized spacial score (nSPS) is 22.5. The lowest BCUT2D eigenvalue weighted by atomic mass is 10.3. The molecule has 0 radical (unpaired) electrons. The fraction of sp³-hybridized carbons (Fsp3) is 0.667. The lowest BCUT2D eigenvalue weighted by Crippen LogP contribution is -2.39. The van der Waals surface area contributed by atoms with Gasteiger partial charge in [0.05, 0.1) is 13.0 Å². The monoisotopic (exact) mass is 209 g/mol. The minimum absolute atomic E-state index is 0.408. The van der Waals surface area contributed by atoms with Crippen LogP contribution in [0, 0.1) is 0 Å². The Morgan fingerprint density at radius 3 is 2.83 bits per heavy atom. The molecule has 1 atom stereocenters. The third kappa shape index (κ3) is 1.84. The van der Waals surface area contributed by atoms with Crippen molar-refractivity contribution in [3.05, 3.63) is 0 Å². The van der Waals surface area contributed by atoms with E-state index in [0.717, 1.165) is 0 Å². The molecule has 0 aromatic heterocycles. The number of esters is 1. The molecule has 0 aliphatic carbocycles. The average Bonchev–Trinajstić information content (AvgIpc) is 2.50. The van der Waals surface area contributed by atoms with Crippen molar-refractivity contribution in [2.24, 2.45) is 0 Å². The number of carbonyl (C=O) groups excluding carboxylic acids is 2. The fourth-order valence-electron chi connectivity index (χ4n) is 0.947. The quantitative estimate of drug-likeness (QED) is 0.366. The van der Waals surface area contributed by atoms with Gasteiger partial charge in [-0.1, -0.05) is 0 Å². The highest BCUT2D eigenvalue weighted by Gasteiger charge is 2.34. The highest BCUT2D eigenvalue weighted by molar-refractivity contribution is 7.99. The Kier molecular flexibility index (Phi) is 3.22. The summed E-state index contributed by atoms with van der Waals surface area (Å²) in [5, 5.41) is -0.601. The third-order valence-corrected chi connectivity index (χ3v) is 2.81.